The van der Waals surface area contributed by atoms with Gasteiger partial charge >= 0.3 is 0 Å². The Bertz CT molecular complexity index is 68.6. The summed E-state index contributed by atoms with van der Waals surface area (Å²) in [6.45, 7) is 4.34. The molecular weight excluding hydrogens is 128 g/mol. The Labute approximate surface area is 62.9 Å². The van der Waals surface area contributed by atoms with Gasteiger partial charge in [0, 0.05) is 13.2 Å². The Kier molecular flexibility index (Phi) is 6.91. The van der Waals surface area contributed by atoms with E-state index in [0.29, 0.717) is 6.54 Å². The maximum absolute atomic E-state index is 5.45. The van der Waals surface area contributed by atoms with Crippen LogP contribution in [0.15, 0.2) is 0 Å². The first kappa shape index (κ1) is 9.88. The van der Waals surface area contributed by atoms with Gasteiger partial charge in [0.2, 0.25) is 0 Å². The number of hydrogen-bond donors (Lipinski definition) is 2. The molecule has 3 nitrogen and oxygen atoms in total. The molecule has 0 aromatic rings. The van der Waals surface area contributed by atoms with Crippen LogP contribution in [0.4, 0.5) is 0 Å². The van der Waals surface area contributed by atoms with E-state index in [2.05, 4.69) is 5.32 Å². The van der Waals surface area contributed by atoms with Crippen LogP contribution in [0, 0.1) is 0 Å². The fourth-order valence-corrected chi connectivity index (χ4v) is 0.810. The minimum Gasteiger partial charge on any atom is -0.377 e. The van der Waals surface area contributed by atoms with E-state index in [-0.39, 0.29) is 6.10 Å². The molecule has 0 aromatic heterocycles. The molecule has 0 fully saturated rings. The van der Waals surface area contributed by atoms with E-state index >= 15 is 0 Å². The summed E-state index contributed by atoms with van der Waals surface area (Å²) in [6.07, 6.45) is 1.23. The predicted molar refractivity (Wildman–Crippen MR) is 43.0 cm³/mol. The third-order valence-electron chi connectivity index (χ3n) is 1.38. The molecule has 0 saturated heterocycles. The van der Waals surface area contributed by atoms with Crippen molar-refractivity contribution < 1.29 is 4.74 Å². The summed E-state index contributed by atoms with van der Waals surface area (Å²) in [5.41, 5.74) is 5.45. The summed E-state index contributed by atoms with van der Waals surface area (Å²) in [5.74, 6) is 0. The summed E-state index contributed by atoms with van der Waals surface area (Å²) in [7, 11) is 1.93. The number of nitrogens with two attached hydrogens (primary N) is 1. The van der Waals surface area contributed by atoms with Crippen LogP contribution in [0.3, 0.4) is 0 Å². The zero-order chi connectivity index (χ0) is 7.82. The largest absolute Gasteiger partial charge is 0.377 e. The van der Waals surface area contributed by atoms with Gasteiger partial charge in [-0.05, 0) is 26.9 Å². The molecule has 3 heteroatoms. The van der Waals surface area contributed by atoms with E-state index in [0.717, 1.165) is 19.6 Å². The van der Waals surface area contributed by atoms with E-state index in [9.17, 15) is 0 Å². The minimum atomic E-state index is 0.234. The van der Waals surface area contributed by atoms with Gasteiger partial charge in [-0.25, -0.2) is 0 Å². The summed E-state index contributed by atoms with van der Waals surface area (Å²) in [5, 5.41) is 3.06. The standard InChI is InChI=1S/C7H18N2O/c1-3-10-7(6-8)4-5-9-2/h7,9H,3-6,8H2,1-2H3. The third kappa shape index (κ3) is 4.73. The number of rotatable bonds is 6. The van der Waals surface area contributed by atoms with Crippen LogP contribution in [0.5, 0.6) is 0 Å². The highest BCUT2D eigenvalue weighted by Crippen LogP contribution is 1.93. The molecule has 0 aliphatic carbocycles. The van der Waals surface area contributed by atoms with E-state index < -0.39 is 0 Å². The number of nitrogens with one attached hydrogen (secondary N) is 1. The van der Waals surface area contributed by atoms with Crippen LogP contribution in [0.25, 0.3) is 0 Å². The van der Waals surface area contributed by atoms with Gasteiger partial charge in [0.15, 0.2) is 0 Å². The molecule has 1 unspecified atom stereocenters. The molecule has 0 saturated carbocycles. The second kappa shape index (κ2) is 6.99. The van der Waals surface area contributed by atoms with E-state index in [1.54, 1.807) is 0 Å². The van der Waals surface area contributed by atoms with Gasteiger partial charge in [0.1, 0.15) is 0 Å². The molecule has 0 heterocycles. The summed E-state index contributed by atoms with van der Waals surface area (Å²) >= 11 is 0. The van der Waals surface area contributed by atoms with Crippen LogP contribution in [-0.2, 0) is 4.74 Å². The normalized spacial score (nSPS) is 13.5. The van der Waals surface area contributed by atoms with E-state index in [1.165, 1.54) is 0 Å². The van der Waals surface area contributed by atoms with E-state index in [4.69, 9.17) is 10.5 Å². The summed E-state index contributed by atoms with van der Waals surface area (Å²) < 4.78 is 5.33. The molecule has 0 aromatic carbocycles. The Morgan fingerprint density at radius 1 is 1.60 bits per heavy atom. The van der Waals surface area contributed by atoms with Gasteiger partial charge in [0.05, 0.1) is 6.10 Å². The SMILES string of the molecule is CCOC(CN)CCNC. The molecule has 0 spiro atoms. The van der Waals surface area contributed by atoms with Crippen LogP contribution in [0.1, 0.15) is 13.3 Å². The number of hydrogen-bond acceptors (Lipinski definition) is 3. The molecule has 0 bridgehead atoms. The van der Waals surface area contributed by atoms with Crippen molar-refractivity contribution in [1.29, 1.82) is 0 Å². The lowest BCUT2D eigenvalue weighted by Gasteiger charge is -2.13. The molecule has 0 aliphatic rings. The molecule has 1 atom stereocenters. The van der Waals surface area contributed by atoms with Crippen molar-refractivity contribution in [2.24, 2.45) is 5.73 Å². The first-order valence-corrected chi connectivity index (χ1v) is 3.81. The first-order chi connectivity index (χ1) is 4.85. The summed E-state index contributed by atoms with van der Waals surface area (Å²) in [6, 6.07) is 0. The fraction of sp³-hybridized carbons (Fsp3) is 1.00. The Hall–Kier alpha value is -0.120. The first-order valence-electron chi connectivity index (χ1n) is 3.81. The van der Waals surface area contributed by atoms with Crippen molar-refractivity contribution in [3.05, 3.63) is 0 Å². The minimum absolute atomic E-state index is 0.234. The molecule has 0 rings (SSSR count). The monoisotopic (exact) mass is 146 g/mol. The number of ether oxygens (including phenoxy) is 1. The second-order valence-corrected chi connectivity index (χ2v) is 2.21. The Morgan fingerprint density at radius 3 is 2.70 bits per heavy atom. The quantitative estimate of drug-likeness (QED) is 0.553. The molecule has 0 radical (unpaired) electrons. The highest BCUT2D eigenvalue weighted by atomic mass is 16.5. The average Bonchev–Trinajstić information content (AvgIpc) is 1.98. The Morgan fingerprint density at radius 2 is 2.30 bits per heavy atom. The van der Waals surface area contributed by atoms with Crippen LogP contribution in [0.2, 0.25) is 0 Å². The molecule has 3 N–H and O–H groups in total. The topological polar surface area (TPSA) is 47.3 Å². The highest BCUT2D eigenvalue weighted by Gasteiger charge is 2.03. The fourth-order valence-electron chi connectivity index (χ4n) is 0.810. The molecule has 0 amide bonds. The molecule has 10 heavy (non-hydrogen) atoms. The van der Waals surface area contributed by atoms with Gasteiger partial charge in [0.25, 0.3) is 0 Å². The van der Waals surface area contributed by atoms with Crippen LogP contribution < -0.4 is 11.1 Å². The van der Waals surface area contributed by atoms with Crippen LogP contribution in [-0.4, -0.2) is 32.8 Å². The van der Waals surface area contributed by atoms with Crippen molar-refractivity contribution in [3.63, 3.8) is 0 Å². The lowest BCUT2D eigenvalue weighted by atomic mass is 10.2. The average molecular weight is 146 g/mol. The van der Waals surface area contributed by atoms with Gasteiger partial charge in [-0.3, -0.25) is 0 Å². The van der Waals surface area contributed by atoms with Crippen molar-refractivity contribution in [2.45, 2.75) is 19.4 Å². The summed E-state index contributed by atoms with van der Waals surface area (Å²) in [4.78, 5) is 0. The van der Waals surface area contributed by atoms with Crippen molar-refractivity contribution >= 4 is 0 Å². The lowest BCUT2D eigenvalue weighted by Crippen LogP contribution is -2.27. The smallest absolute Gasteiger partial charge is 0.0709 e. The maximum Gasteiger partial charge on any atom is 0.0709 e. The Balaban J connectivity index is 3.21. The van der Waals surface area contributed by atoms with Crippen molar-refractivity contribution in [2.75, 3.05) is 26.7 Å². The highest BCUT2D eigenvalue weighted by molar-refractivity contribution is 4.58. The lowest BCUT2D eigenvalue weighted by molar-refractivity contribution is 0.0635. The molecule has 62 valence electrons. The third-order valence-corrected chi connectivity index (χ3v) is 1.38. The van der Waals surface area contributed by atoms with Gasteiger partial charge in [-0.2, -0.15) is 0 Å². The van der Waals surface area contributed by atoms with E-state index in [1.807, 2.05) is 14.0 Å². The molecule has 0 aliphatic heterocycles. The zero-order valence-corrected chi connectivity index (χ0v) is 6.89. The predicted octanol–water partition coefficient (Wildman–Crippen LogP) is -0.0403. The van der Waals surface area contributed by atoms with Gasteiger partial charge < -0.3 is 15.8 Å². The van der Waals surface area contributed by atoms with Crippen molar-refractivity contribution in [1.82, 2.24) is 5.32 Å². The second-order valence-electron chi connectivity index (χ2n) is 2.21. The molecular formula is C7H18N2O. The van der Waals surface area contributed by atoms with Gasteiger partial charge in [-0.15, -0.1) is 0 Å². The zero-order valence-electron chi connectivity index (χ0n) is 6.89. The maximum atomic E-state index is 5.45. The van der Waals surface area contributed by atoms with Crippen LogP contribution >= 0.6 is 0 Å². The van der Waals surface area contributed by atoms with Crippen molar-refractivity contribution in [3.8, 4) is 0 Å². The van der Waals surface area contributed by atoms with Gasteiger partial charge in [-0.1, -0.05) is 0 Å².